The van der Waals surface area contributed by atoms with Crippen LogP contribution in [0.5, 0.6) is 5.75 Å². The van der Waals surface area contributed by atoms with Gasteiger partial charge in [-0.3, -0.25) is 4.79 Å². The lowest BCUT2D eigenvalue weighted by Gasteiger charge is -2.08. The van der Waals surface area contributed by atoms with E-state index in [-0.39, 0.29) is 17.7 Å². The van der Waals surface area contributed by atoms with Gasteiger partial charge in [0.2, 0.25) is 0 Å². The minimum Gasteiger partial charge on any atom is -0.507 e. The van der Waals surface area contributed by atoms with E-state index < -0.39 is 35.0 Å². The number of aliphatic hydroxyl groups is 1. The van der Waals surface area contributed by atoms with Crippen LogP contribution in [-0.2, 0) is 16.1 Å². The van der Waals surface area contributed by atoms with Crippen molar-refractivity contribution in [3.05, 3.63) is 71.2 Å². The second kappa shape index (κ2) is 7.70. The largest absolute Gasteiger partial charge is 0.507 e. The number of fused-ring (bicyclic) bond motifs is 1. The third-order valence-corrected chi connectivity index (χ3v) is 4.24. The van der Waals surface area contributed by atoms with E-state index in [0.29, 0.717) is 22.7 Å². The minimum absolute atomic E-state index is 0.0788. The predicted octanol–water partition coefficient (Wildman–Crippen LogP) is 3.67. The first-order chi connectivity index (χ1) is 13.7. The van der Waals surface area contributed by atoms with Gasteiger partial charge in [0, 0.05) is 24.4 Å². The molecule has 3 aromatic rings. The second-order valence-electron chi connectivity index (χ2n) is 6.10. The van der Waals surface area contributed by atoms with Crippen molar-refractivity contribution < 1.29 is 37.7 Å². The number of aliphatic carboxylic acids is 1. The Balaban J connectivity index is 2.17. The first kappa shape index (κ1) is 20.0. The molecule has 0 unspecified atom stereocenters. The van der Waals surface area contributed by atoms with Gasteiger partial charge in [-0.15, -0.1) is 0 Å². The summed E-state index contributed by atoms with van der Waals surface area (Å²) in [5, 5.41) is 19.4. The number of carbonyl (C=O) groups excluding carboxylic acids is 1. The molecule has 6 nitrogen and oxygen atoms in total. The van der Waals surface area contributed by atoms with E-state index in [9.17, 15) is 27.9 Å². The number of nitrogens with zero attached hydrogens (tertiary/aromatic N) is 1. The van der Waals surface area contributed by atoms with Crippen molar-refractivity contribution >= 4 is 28.4 Å². The summed E-state index contributed by atoms with van der Waals surface area (Å²) in [6.07, 6.45) is 1.92. The van der Waals surface area contributed by atoms with Crippen LogP contribution in [0.3, 0.4) is 0 Å². The van der Waals surface area contributed by atoms with Crippen LogP contribution in [0.25, 0.3) is 16.7 Å². The standard InChI is InChI=1S/C20H14F3NO5/c1-29-17-4-2-3-14-18(17)11(15(25)7-16(26)20(27)28)9-24(14)8-10-5-12(21)19(23)13(22)6-10/h2-7,9,25H,8H2,1H3,(H,27,28)/b15-7-. The van der Waals surface area contributed by atoms with Gasteiger partial charge in [0.15, 0.2) is 17.5 Å². The van der Waals surface area contributed by atoms with E-state index >= 15 is 0 Å². The molecule has 0 saturated carbocycles. The minimum atomic E-state index is -1.75. The van der Waals surface area contributed by atoms with Gasteiger partial charge < -0.3 is 19.5 Å². The molecule has 0 aliphatic heterocycles. The summed E-state index contributed by atoms with van der Waals surface area (Å²) in [7, 11) is 1.38. The molecule has 0 fully saturated rings. The number of hydrogen-bond acceptors (Lipinski definition) is 4. The Morgan fingerprint density at radius 1 is 1.14 bits per heavy atom. The van der Waals surface area contributed by atoms with Gasteiger partial charge in [-0.25, -0.2) is 18.0 Å². The summed E-state index contributed by atoms with van der Waals surface area (Å²) in [6, 6.07) is 6.53. The molecule has 0 aliphatic carbocycles. The quantitative estimate of drug-likeness (QED) is 0.283. The zero-order valence-electron chi connectivity index (χ0n) is 14.9. The number of hydrogen-bond donors (Lipinski definition) is 2. The zero-order chi connectivity index (χ0) is 21.3. The fourth-order valence-corrected chi connectivity index (χ4v) is 2.97. The lowest BCUT2D eigenvalue weighted by Crippen LogP contribution is -2.09. The summed E-state index contributed by atoms with van der Waals surface area (Å²) in [6.45, 7) is -0.0993. The first-order valence-electron chi connectivity index (χ1n) is 8.20. The van der Waals surface area contributed by atoms with Crippen LogP contribution in [0.15, 0.2) is 42.6 Å². The maximum absolute atomic E-state index is 13.5. The van der Waals surface area contributed by atoms with Crippen LogP contribution in [0.2, 0.25) is 0 Å². The predicted molar refractivity (Wildman–Crippen MR) is 97.2 cm³/mol. The van der Waals surface area contributed by atoms with Crippen LogP contribution in [-0.4, -0.2) is 33.6 Å². The Morgan fingerprint density at radius 3 is 2.38 bits per heavy atom. The topological polar surface area (TPSA) is 88.8 Å². The highest BCUT2D eigenvalue weighted by Crippen LogP contribution is 2.34. The molecule has 1 aromatic heterocycles. The SMILES string of the molecule is COc1cccc2c1c(/C(O)=C/C(=O)C(=O)O)cn2Cc1cc(F)c(F)c(F)c1. The number of carboxylic acids is 1. The lowest BCUT2D eigenvalue weighted by molar-refractivity contribution is -0.146. The molecule has 0 saturated heterocycles. The number of aromatic nitrogens is 1. The summed E-state index contributed by atoms with van der Waals surface area (Å²) < 4.78 is 47.0. The molecule has 150 valence electrons. The lowest BCUT2D eigenvalue weighted by atomic mass is 10.1. The third kappa shape index (κ3) is 3.79. The normalized spacial score (nSPS) is 11.7. The summed E-state index contributed by atoms with van der Waals surface area (Å²) in [4.78, 5) is 22.2. The van der Waals surface area contributed by atoms with Crippen LogP contribution < -0.4 is 4.74 Å². The van der Waals surface area contributed by atoms with Crippen LogP contribution in [0.1, 0.15) is 11.1 Å². The van der Waals surface area contributed by atoms with E-state index in [4.69, 9.17) is 9.84 Å². The highest BCUT2D eigenvalue weighted by atomic mass is 19.2. The van der Waals surface area contributed by atoms with Crippen molar-refractivity contribution in [2.75, 3.05) is 7.11 Å². The van der Waals surface area contributed by atoms with Crippen molar-refractivity contribution in [3.8, 4) is 5.75 Å². The summed E-state index contributed by atoms with van der Waals surface area (Å²) >= 11 is 0. The summed E-state index contributed by atoms with van der Waals surface area (Å²) in [5.41, 5.74) is 0.653. The molecule has 3 rings (SSSR count). The van der Waals surface area contributed by atoms with Crippen molar-refractivity contribution in [2.45, 2.75) is 6.54 Å². The highest BCUT2D eigenvalue weighted by Gasteiger charge is 2.19. The van der Waals surface area contributed by atoms with Crippen LogP contribution in [0, 0.1) is 17.5 Å². The molecule has 2 N–H and O–H groups in total. The number of carboxylic acid groups (broad SMARTS) is 1. The molecule has 1 heterocycles. The Kier molecular flexibility index (Phi) is 5.31. The van der Waals surface area contributed by atoms with E-state index in [1.54, 1.807) is 18.2 Å². The van der Waals surface area contributed by atoms with Gasteiger partial charge in [0.25, 0.3) is 5.78 Å². The molecule has 29 heavy (non-hydrogen) atoms. The van der Waals surface area contributed by atoms with Crippen molar-refractivity contribution in [2.24, 2.45) is 0 Å². The number of benzene rings is 2. The number of ether oxygens (including phenoxy) is 1. The van der Waals surface area contributed by atoms with Gasteiger partial charge in [-0.1, -0.05) is 6.07 Å². The molecule has 0 spiro atoms. The molecule has 0 radical (unpaired) electrons. The Labute approximate surface area is 162 Å². The number of halogens is 3. The van der Waals surface area contributed by atoms with E-state index in [1.165, 1.54) is 17.9 Å². The van der Waals surface area contributed by atoms with Crippen molar-refractivity contribution in [3.63, 3.8) is 0 Å². The molecule has 0 amide bonds. The van der Waals surface area contributed by atoms with Gasteiger partial charge in [0.1, 0.15) is 11.5 Å². The average Bonchev–Trinajstić information content (AvgIpc) is 3.04. The van der Waals surface area contributed by atoms with Crippen molar-refractivity contribution in [1.82, 2.24) is 4.57 Å². The molecule has 0 bridgehead atoms. The monoisotopic (exact) mass is 405 g/mol. The number of rotatable bonds is 6. The molecule has 2 aromatic carbocycles. The van der Waals surface area contributed by atoms with Crippen LogP contribution in [0.4, 0.5) is 13.2 Å². The Bertz CT molecular complexity index is 1140. The van der Waals surface area contributed by atoms with Gasteiger partial charge in [0.05, 0.1) is 18.0 Å². The Morgan fingerprint density at radius 2 is 1.79 bits per heavy atom. The molecule has 0 aliphatic rings. The fourth-order valence-electron chi connectivity index (χ4n) is 2.97. The molecular formula is C20H14F3NO5. The van der Waals surface area contributed by atoms with E-state index in [1.807, 2.05) is 0 Å². The zero-order valence-corrected chi connectivity index (χ0v) is 14.9. The van der Waals surface area contributed by atoms with Crippen molar-refractivity contribution in [1.29, 1.82) is 0 Å². The molecule has 0 atom stereocenters. The maximum Gasteiger partial charge on any atom is 0.376 e. The fraction of sp³-hybridized carbons (Fsp3) is 0.100. The smallest absolute Gasteiger partial charge is 0.376 e. The number of ketones is 1. The van der Waals surface area contributed by atoms with Gasteiger partial charge >= 0.3 is 5.97 Å². The highest BCUT2D eigenvalue weighted by molar-refractivity contribution is 6.38. The third-order valence-electron chi connectivity index (χ3n) is 4.24. The summed E-state index contributed by atoms with van der Waals surface area (Å²) in [5.74, 6) is -7.66. The number of carbonyl (C=O) groups is 2. The van der Waals surface area contributed by atoms with E-state index in [0.717, 1.165) is 12.1 Å². The van der Waals surface area contributed by atoms with Gasteiger partial charge in [-0.05, 0) is 29.8 Å². The van der Waals surface area contributed by atoms with Gasteiger partial charge in [-0.2, -0.15) is 0 Å². The number of methoxy groups -OCH3 is 1. The first-order valence-corrected chi connectivity index (χ1v) is 8.20. The maximum atomic E-state index is 13.5. The molecule has 9 heteroatoms. The Hall–Kier alpha value is -3.75. The average molecular weight is 405 g/mol. The molecular weight excluding hydrogens is 391 g/mol. The van der Waals surface area contributed by atoms with E-state index in [2.05, 4.69) is 0 Å². The van der Waals surface area contributed by atoms with Crippen LogP contribution >= 0.6 is 0 Å². The second-order valence-corrected chi connectivity index (χ2v) is 6.10. The number of aliphatic hydroxyl groups excluding tert-OH is 1.